The number of amides is 1. The van der Waals surface area contributed by atoms with Crippen molar-refractivity contribution in [1.29, 1.82) is 0 Å². The van der Waals surface area contributed by atoms with E-state index in [9.17, 15) is 13.2 Å². The Kier molecular flexibility index (Phi) is 7.15. The molecule has 31 heavy (non-hydrogen) atoms. The van der Waals surface area contributed by atoms with E-state index in [1.807, 2.05) is 6.92 Å². The van der Waals surface area contributed by atoms with Crippen molar-refractivity contribution >= 4 is 27.3 Å². The third-order valence-electron chi connectivity index (χ3n) is 4.44. The quantitative estimate of drug-likeness (QED) is 0.518. The monoisotopic (exact) mass is 440 g/mol. The maximum absolute atomic E-state index is 12.6. The lowest BCUT2D eigenvalue weighted by atomic mass is 10.2. The van der Waals surface area contributed by atoms with E-state index in [0.29, 0.717) is 29.3 Å². The maximum Gasteiger partial charge on any atom is 0.265 e. The van der Waals surface area contributed by atoms with Gasteiger partial charge in [-0.15, -0.1) is 0 Å². The summed E-state index contributed by atoms with van der Waals surface area (Å²) in [5, 5.41) is 2.76. The molecule has 162 valence electrons. The van der Waals surface area contributed by atoms with Gasteiger partial charge in [-0.05, 0) is 55.0 Å². The molecule has 0 saturated heterocycles. The van der Waals surface area contributed by atoms with Crippen molar-refractivity contribution in [3.8, 4) is 11.5 Å². The first-order chi connectivity index (χ1) is 14.9. The molecule has 1 amide bonds. The predicted molar refractivity (Wildman–Crippen MR) is 120 cm³/mol. The molecule has 8 heteroatoms. The number of carbonyl (C=O) groups excluding carboxylic acids is 1. The van der Waals surface area contributed by atoms with E-state index in [2.05, 4.69) is 10.0 Å². The summed E-state index contributed by atoms with van der Waals surface area (Å²) in [7, 11) is -2.17. The Labute approximate surface area is 182 Å². The minimum atomic E-state index is -3.73. The van der Waals surface area contributed by atoms with Gasteiger partial charge in [0.05, 0.1) is 12.0 Å². The second-order valence-corrected chi connectivity index (χ2v) is 8.36. The van der Waals surface area contributed by atoms with Gasteiger partial charge in [-0.25, -0.2) is 8.42 Å². The molecule has 0 radical (unpaired) electrons. The Bertz CT molecular complexity index is 1120. The minimum Gasteiger partial charge on any atom is -0.497 e. The lowest BCUT2D eigenvalue weighted by molar-refractivity contribution is -0.122. The van der Waals surface area contributed by atoms with Crippen LogP contribution in [-0.2, 0) is 14.8 Å². The van der Waals surface area contributed by atoms with E-state index in [-0.39, 0.29) is 10.8 Å². The molecule has 3 aromatic carbocycles. The highest BCUT2D eigenvalue weighted by Crippen LogP contribution is 2.22. The zero-order valence-electron chi connectivity index (χ0n) is 17.2. The Morgan fingerprint density at radius 1 is 0.903 bits per heavy atom. The summed E-state index contributed by atoms with van der Waals surface area (Å²) in [4.78, 5) is 12.7. The number of hydrogen-bond donors (Lipinski definition) is 2. The Hall–Kier alpha value is -3.52. The molecule has 0 heterocycles. The molecule has 7 nitrogen and oxygen atoms in total. The highest BCUT2D eigenvalue weighted by Gasteiger charge is 2.20. The smallest absolute Gasteiger partial charge is 0.265 e. The van der Waals surface area contributed by atoms with E-state index >= 15 is 0 Å². The third kappa shape index (κ3) is 5.99. The molecule has 0 aromatic heterocycles. The fourth-order valence-electron chi connectivity index (χ4n) is 2.82. The number of anilines is 2. The van der Waals surface area contributed by atoms with Gasteiger partial charge >= 0.3 is 0 Å². The zero-order chi connectivity index (χ0) is 22.3. The highest BCUT2D eigenvalue weighted by atomic mass is 32.2. The molecular weight excluding hydrogens is 416 g/mol. The number of sulfonamides is 1. The third-order valence-corrected chi connectivity index (χ3v) is 5.84. The fourth-order valence-corrected chi connectivity index (χ4v) is 3.88. The highest BCUT2D eigenvalue weighted by molar-refractivity contribution is 7.92. The van der Waals surface area contributed by atoms with Crippen molar-refractivity contribution in [3.63, 3.8) is 0 Å². The Morgan fingerprint density at radius 2 is 1.58 bits per heavy atom. The summed E-state index contributed by atoms with van der Waals surface area (Å²) in [6.07, 6.45) is -0.258. The number of benzene rings is 3. The van der Waals surface area contributed by atoms with Crippen molar-refractivity contribution in [3.05, 3.63) is 78.9 Å². The second kappa shape index (κ2) is 9.99. The first-order valence-electron chi connectivity index (χ1n) is 9.71. The molecule has 0 fully saturated rings. The zero-order valence-corrected chi connectivity index (χ0v) is 18.1. The average molecular weight is 441 g/mol. The van der Waals surface area contributed by atoms with Crippen LogP contribution in [0.1, 0.15) is 13.3 Å². The summed E-state index contributed by atoms with van der Waals surface area (Å²) < 4.78 is 38.5. The van der Waals surface area contributed by atoms with Gasteiger partial charge in [-0.1, -0.05) is 31.2 Å². The van der Waals surface area contributed by atoms with Crippen molar-refractivity contribution in [2.24, 2.45) is 0 Å². The standard InChI is InChI=1S/C23H24N2O5S/c1-3-22(30-20-11-7-10-19(16-20)29-2)23(26)24-17-12-14-21(15-13-17)31(27,28)25-18-8-5-4-6-9-18/h4-16,22,25H,3H2,1-2H3,(H,24,26)/t22-/m1/s1. The van der Waals surface area contributed by atoms with Crippen LogP contribution in [0.5, 0.6) is 11.5 Å². The van der Waals surface area contributed by atoms with Gasteiger partial charge in [0.2, 0.25) is 0 Å². The number of para-hydroxylation sites is 1. The van der Waals surface area contributed by atoms with Crippen LogP contribution in [0.2, 0.25) is 0 Å². The van der Waals surface area contributed by atoms with Crippen molar-refractivity contribution in [2.45, 2.75) is 24.3 Å². The van der Waals surface area contributed by atoms with Gasteiger partial charge in [0.15, 0.2) is 6.10 Å². The molecule has 3 aromatic rings. The number of rotatable bonds is 9. The van der Waals surface area contributed by atoms with E-state index < -0.39 is 16.1 Å². The van der Waals surface area contributed by atoms with Crippen LogP contribution in [0.25, 0.3) is 0 Å². The second-order valence-electron chi connectivity index (χ2n) is 6.68. The van der Waals surface area contributed by atoms with Crippen LogP contribution in [0.15, 0.2) is 83.8 Å². The minimum absolute atomic E-state index is 0.0917. The summed E-state index contributed by atoms with van der Waals surface area (Å²) in [6.45, 7) is 1.84. The van der Waals surface area contributed by atoms with Gasteiger partial charge in [-0.2, -0.15) is 0 Å². The van der Waals surface area contributed by atoms with E-state index in [4.69, 9.17) is 9.47 Å². The van der Waals surface area contributed by atoms with Crippen molar-refractivity contribution in [2.75, 3.05) is 17.1 Å². The summed E-state index contributed by atoms with van der Waals surface area (Å²) in [6, 6.07) is 21.6. The lowest BCUT2D eigenvalue weighted by Crippen LogP contribution is -2.32. The van der Waals surface area contributed by atoms with E-state index in [0.717, 1.165) is 0 Å². The molecule has 0 aliphatic heterocycles. The van der Waals surface area contributed by atoms with Crippen LogP contribution in [-0.4, -0.2) is 27.5 Å². The van der Waals surface area contributed by atoms with E-state index in [1.54, 1.807) is 61.7 Å². The van der Waals surface area contributed by atoms with Crippen LogP contribution in [0.4, 0.5) is 11.4 Å². The molecule has 0 unspecified atom stereocenters. The van der Waals surface area contributed by atoms with Crippen molar-refractivity contribution < 1.29 is 22.7 Å². The number of methoxy groups -OCH3 is 1. The van der Waals surface area contributed by atoms with Gasteiger partial charge in [0, 0.05) is 17.4 Å². The maximum atomic E-state index is 12.6. The fraction of sp³-hybridized carbons (Fsp3) is 0.174. The van der Waals surface area contributed by atoms with Crippen molar-refractivity contribution in [1.82, 2.24) is 0 Å². The van der Waals surface area contributed by atoms with Crippen LogP contribution in [0, 0.1) is 0 Å². The summed E-state index contributed by atoms with van der Waals surface area (Å²) in [5.74, 6) is 0.826. The van der Waals surface area contributed by atoms with Gasteiger partial charge in [0.1, 0.15) is 11.5 Å². The number of carbonyl (C=O) groups is 1. The Morgan fingerprint density at radius 3 is 2.23 bits per heavy atom. The molecular formula is C23H24N2O5S. The van der Waals surface area contributed by atoms with Crippen LogP contribution >= 0.6 is 0 Å². The number of ether oxygens (including phenoxy) is 2. The average Bonchev–Trinajstić information content (AvgIpc) is 2.78. The lowest BCUT2D eigenvalue weighted by Gasteiger charge is -2.18. The number of hydrogen-bond acceptors (Lipinski definition) is 5. The van der Waals surface area contributed by atoms with E-state index in [1.165, 1.54) is 24.3 Å². The first kappa shape index (κ1) is 22.2. The summed E-state index contributed by atoms with van der Waals surface area (Å²) in [5.41, 5.74) is 0.941. The Balaban J connectivity index is 1.65. The van der Waals surface area contributed by atoms with Crippen LogP contribution < -0.4 is 19.5 Å². The SMILES string of the molecule is CC[C@@H](Oc1cccc(OC)c1)C(=O)Nc1ccc(S(=O)(=O)Nc2ccccc2)cc1. The molecule has 0 aliphatic rings. The largest absolute Gasteiger partial charge is 0.497 e. The molecule has 2 N–H and O–H groups in total. The van der Waals surface area contributed by atoms with Gasteiger partial charge < -0.3 is 14.8 Å². The molecule has 0 spiro atoms. The topological polar surface area (TPSA) is 93.7 Å². The molecule has 0 saturated carbocycles. The normalized spacial score (nSPS) is 11.9. The molecule has 0 bridgehead atoms. The predicted octanol–water partition coefficient (Wildman–Crippen LogP) is 4.29. The van der Waals surface area contributed by atoms with Crippen LogP contribution in [0.3, 0.4) is 0 Å². The number of nitrogens with one attached hydrogen (secondary N) is 2. The molecule has 1 atom stereocenters. The summed E-state index contributed by atoms with van der Waals surface area (Å²) >= 11 is 0. The first-order valence-corrected chi connectivity index (χ1v) is 11.2. The molecule has 0 aliphatic carbocycles. The molecule has 3 rings (SSSR count). The van der Waals surface area contributed by atoms with Gasteiger partial charge in [-0.3, -0.25) is 9.52 Å². The van der Waals surface area contributed by atoms with Gasteiger partial charge in [0.25, 0.3) is 15.9 Å².